The van der Waals surface area contributed by atoms with Crippen LogP contribution in [0.15, 0.2) is 0 Å². The molecule has 0 spiro atoms. The highest BCUT2D eigenvalue weighted by molar-refractivity contribution is 5.75. The number of carbonyl (C=O) groups excluding carboxylic acids is 2. The van der Waals surface area contributed by atoms with Gasteiger partial charge >= 0.3 is 5.97 Å². The Hall–Kier alpha value is -1.22. The second-order valence-corrected chi connectivity index (χ2v) is 6.35. The van der Waals surface area contributed by atoms with Crippen LogP contribution in [0.3, 0.4) is 0 Å². The van der Waals surface area contributed by atoms with Crippen molar-refractivity contribution in [3.05, 3.63) is 0 Å². The SMILES string of the molecule is COC1(CO)O[C@H](COC(=O)C(C)(C)C)[C@@H](O)[C@H]1NC(C)=O. The standard InChI is InChI=1S/C14H25NO7/c1-8(17)15-11-10(18)9(22-14(11,7-16)20-5)6-21-12(19)13(2,3)4/h9-11,16,18H,6-7H2,1-5H3,(H,15,17)/t9-,10-,11-,14?/m1/s1. The molecule has 22 heavy (non-hydrogen) atoms. The number of nitrogens with one attached hydrogen (secondary N) is 1. The molecular weight excluding hydrogens is 294 g/mol. The number of aliphatic hydroxyl groups is 2. The monoisotopic (exact) mass is 319 g/mol. The van der Waals surface area contributed by atoms with Crippen LogP contribution < -0.4 is 5.32 Å². The Morgan fingerprint density at radius 2 is 1.95 bits per heavy atom. The fourth-order valence-corrected chi connectivity index (χ4v) is 2.17. The first kappa shape index (κ1) is 18.8. The zero-order chi connectivity index (χ0) is 17.1. The summed E-state index contributed by atoms with van der Waals surface area (Å²) in [6.07, 6.45) is -2.11. The lowest BCUT2D eigenvalue weighted by Gasteiger charge is -2.31. The van der Waals surface area contributed by atoms with E-state index >= 15 is 0 Å². The number of carbonyl (C=O) groups is 2. The predicted octanol–water partition coefficient (Wildman–Crippen LogP) is -0.825. The van der Waals surface area contributed by atoms with Crippen molar-refractivity contribution in [1.29, 1.82) is 0 Å². The number of hydrogen-bond donors (Lipinski definition) is 3. The summed E-state index contributed by atoms with van der Waals surface area (Å²) >= 11 is 0. The lowest BCUT2D eigenvalue weighted by molar-refractivity contribution is -0.244. The number of methoxy groups -OCH3 is 1. The van der Waals surface area contributed by atoms with Crippen molar-refractivity contribution >= 4 is 11.9 Å². The molecule has 1 rings (SSSR count). The van der Waals surface area contributed by atoms with Crippen molar-refractivity contribution in [1.82, 2.24) is 5.32 Å². The van der Waals surface area contributed by atoms with Crippen LogP contribution in [0.2, 0.25) is 0 Å². The molecule has 0 aromatic heterocycles. The summed E-state index contributed by atoms with van der Waals surface area (Å²) in [5, 5.41) is 22.3. The predicted molar refractivity (Wildman–Crippen MR) is 75.7 cm³/mol. The van der Waals surface area contributed by atoms with Gasteiger partial charge in [0.05, 0.1) is 12.0 Å². The van der Waals surface area contributed by atoms with Crippen molar-refractivity contribution in [2.75, 3.05) is 20.3 Å². The minimum atomic E-state index is -1.58. The van der Waals surface area contributed by atoms with E-state index in [1.807, 2.05) is 0 Å². The maximum absolute atomic E-state index is 11.8. The van der Waals surface area contributed by atoms with Crippen LogP contribution >= 0.6 is 0 Å². The number of rotatable bonds is 5. The Kier molecular flexibility index (Phi) is 5.91. The average molecular weight is 319 g/mol. The molecule has 0 bridgehead atoms. The van der Waals surface area contributed by atoms with Crippen LogP contribution in [0.4, 0.5) is 0 Å². The Morgan fingerprint density at radius 1 is 1.36 bits per heavy atom. The van der Waals surface area contributed by atoms with Crippen LogP contribution in [0, 0.1) is 5.41 Å². The third-order valence-electron chi connectivity index (χ3n) is 3.46. The number of ether oxygens (including phenoxy) is 3. The Bertz CT molecular complexity index is 414. The third kappa shape index (κ3) is 3.95. The molecule has 0 aromatic carbocycles. The largest absolute Gasteiger partial charge is 0.462 e. The Balaban J connectivity index is 2.82. The minimum Gasteiger partial charge on any atom is -0.462 e. The van der Waals surface area contributed by atoms with Gasteiger partial charge in [-0.1, -0.05) is 0 Å². The van der Waals surface area contributed by atoms with Crippen molar-refractivity contribution < 1.29 is 34.0 Å². The van der Waals surface area contributed by atoms with E-state index in [1.54, 1.807) is 20.8 Å². The van der Waals surface area contributed by atoms with E-state index in [0.717, 1.165) is 0 Å². The van der Waals surface area contributed by atoms with Crippen LogP contribution in [0.5, 0.6) is 0 Å². The van der Waals surface area contributed by atoms with Crippen LogP contribution in [-0.4, -0.2) is 66.4 Å². The number of aliphatic hydroxyl groups excluding tert-OH is 2. The lowest BCUT2D eigenvalue weighted by Crippen LogP contribution is -2.57. The highest BCUT2D eigenvalue weighted by Gasteiger charge is 2.56. The molecule has 1 aliphatic heterocycles. The molecule has 4 atom stereocenters. The molecule has 0 aromatic rings. The number of amides is 1. The van der Waals surface area contributed by atoms with Gasteiger partial charge in [-0.2, -0.15) is 0 Å². The van der Waals surface area contributed by atoms with Crippen LogP contribution in [0.1, 0.15) is 27.7 Å². The molecule has 128 valence electrons. The van der Waals surface area contributed by atoms with Crippen molar-refractivity contribution in [3.8, 4) is 0 Å². The Labute approximate surface area is 129 Å². The van der Waals surface area contributed by atoms with Crippen molar-refractivity contribution in [3.63, 3.8) is 0 Å². The molecule has 8 heteroatoms. The van der Waals surface area contributed by atoms with E-state index in [4.69, 9.17) is 14.2 Å². The van der Waals surface area contributed by atoms with Gasteiger partial charge in [-0.05, 0) is 20.8 Å². The highest BCUT2D eigenvalue weighted by atomic mass is 16.7. The molecule has 1 unspecified atom stereocenters. The molecule has 1 heterocycles. The van der Waals surface area contributed by atoms with Crippen LogP contribution in [-0.2, 0) is 23.8 Å². The van der Waals surface area contributed by atoms with Gasteiger partial charge in [0.1, 0.15) is 24.9 Å². The second-order valence-electron chi connectivity index (χ2n) is 6.35. The van der Waals surface area contributed by atoms with Crippen molar-refractivity contribution in [2.45, 2.75) is 51.7 Å². The molecular formula is C14H25NO7. The van der Waals surface area contributed by atoms with E-state index in [1.165, 1.54) is 14.0 Å². The average Bonchev–Trinajstić information content (AvgIpc) is 2.68. The molecule has 1 saturated heterocycles. The quantitative estimate of drug-likeness (QED) is 0.567. The number of hydrogen-bond acceptors (Lipinski definition) is 7. The first-order valence-electron chi connectivity index (χ1n) is 7.03. The van der Waals surface area contributed by atoms with Gasteiger partial charge in [0.15, 0.2) is 0 Å². The third-order valence-corrected chi connectivity index (χ3v) is 3.46. The summed E-state index contributed by atoms with van der Waals surface area (Å²) in [4.78, 5) is 23.0. The van der Waals surface area contributed by atoms with Gasteiger partial charge < -0.3 is 29.7 Å². The summed E-state index contributed by atoms with van der Waals surface area (Å²) in [5.41, 5.74) is -0.685. The van der Waals surface area contributed by atoms with E-state index < -0.39 is 47.9 Å². The van der Waals surface area contributed by atoms with E-state index in [0.29, 0.717) is 0 Å². The molecule has 0 aliphatic carbocycles. The summed E-state index contributed by atoms with van der Waals surface area (Å²) in [6, 6.07) is -0.974. The maximum Gasteiger partial charge on any atom is 0.311 e. The molecule has 3 N–H and O–H groups in total. The van der Waals surface area contributed by atoms with Gasteiger partial charge in [-0.3, -0.25) is 9.59 Å². The minimum absolute atomic E-state index is 0.210. The maximum atomic E-state index is 11.8. The zero-order valence-corrected chi connectivity index (χ0v) is 13.6. The fourth-order valence-electron chi connectivity index (χ4n) is 2.17. The van der Waals surface area contributed by atoms with Gasteiger partial charge in [-0.25, -0.2) is 0 Å². The summed E-state index contributed by atoms with van der Waals surface area (Å²) in [5.74, 6) is -2.43. The molecule has 8 nitrogen and oxygen atoms in total. The van der Waals surface area contributed by atoms with Gasteiger partial charge in [0, 0.05) is 14.0 Å². The highest BCUT2D eigenvalue weighted by Crippen LogP contribution is 2.32. The molecule has 1 aliphatic rings. The number of esters is 1. The second kappa shape index (κ2) is 6.91. The fraction of sp³-hybridized carbons (Fsp3) is 0.857. The first-order valence-corrected chi connectivity index (χ1v) is 7.03. The van der Waals surface area contributed by atoms with Crippen LogP contribution in [0.25, 0.3) is 0 Å². The topological polar surface area (TPSA) is 114 Å². The smallest absolute Gasteiger partial charge is 0.311 e. The van der Waals surface area contributed by atoms with Gasteiger partial charge in [-0.15, -0.1) is 0 Å². The molecule has 0 radical (unpaired) electrons. The normalized spacial score (nSPS) is 31.9. The first-order chi connectivity index (χ1) is 10.1. The lowest BCUT2D eigenvalue weighted by atomic mass is 9.97. The van der Waals surface area contributed by atoms with Crippen molar-refractivity contribution in [2.24, 2.45) is 5.41 Å². The Morgan fingerprint density at radius 3 is 2.36 bits per heavy atom. The molecule has 1 amide bonds. The van der Waals surface area contributed by atoms with Gasteiger partial charge in [0.25, 0.3) is 0 Å². The summed E-state index contributed by atoms with van der Waals surface area (Å²) in [7, 11) is 1.29. The zero-order valence-electron chi connectivity index (χ0n) is 13.6. The molecule has 1 fully saturated rings. The summed E-state index contributed by atoms with van der Waals surface area (Å²) in [6.45, 7) is 5.60. The van der Waals surface area contributed by atoms with Gasteiger partial charge in [0.2, 0.25) is 11.7 Å². The molecule has 0 saturated carbocycles. The van der Waals surface area contributed by atoms with E-state index in [9.17, 15) is 19.8 Å². The van der Waals surface area contributed by atoms with E-state index in [2.05, 4.69) is 5.32 Å². The van der Waals surface area contributed by atoms with E-state index in [-0.39, 0.29) is 6.61 Å². The summed E-state index contributed by atoms with van der Waals surface area (Å²) < 4.78 is 15.8.